The van der Waals surface area contributed by atoms with E-state index in [9.17, 15) is 18.0 Å². The van der Waals surface area contributed by atoms with Gasteiger partial charge in [0.2, 0.25) is 15.9 Å². The van der Waals surface area contributed by atoms with E-state index in [1.807, 2.05) is 6.92 Å². The summed E-state index contributed by atoms with van der Waals surface area (Å²) >= 11 is 6.10. The van der Waals surface area contributed by atoms with Gasteiger partial charge in [-0.1, -0.05) is 29.8 Å². The third-order valence-electron chi connectivity index (χ3n) is 4.62. The molecule has 0 unspecified atom stereocenters. The number of primary sulfonamides is 1. The highest BCUT2D eigenvalue weighted by Crippen LogP contribution is 2.27. The maximum atomic E-state index is 12.6. The van der Waals surface area contributed by atoms with Crippen molar-refractivity contribution in [3.63, 3.8) is 0 Å². The van der Waals surface area contributed by atoms with Crippen LogP contribution in [-0.2, 0) is 26.0 Å². The third kappa shape index (κ3) is 4.41. The number of amides is 2. The summed E-state index contributed by atoms with van der Waals surface area (Å²) in [5, 5.41) is 8.66. The monoisotopic (exact) mass is 421 g/mol. The molecule has 7 nitrogen and oxygen atoms in total. The normalized spacial score (nSPS) is 17.4. The number of sulfonamides is 1. The third-order valence-corrected chi connectivity index (χ3v) is 5.95. The second kappa shape index (κ2) is 8.00. The zero-order chi connectivity index (χ0) is 20.5. The molecule has 9 heteroatoms. The first kappa shape index (κ1) is 20.5. The summed E-state index contributed by atoms with van der Waals surface area (Å²) in [5.74, 6) is -0.589. The number of hydrogen-bond donors (Lipinski definition) is 2. The molecule has 0 radical (unpaired) electrons. The van der Waals surface area contributed by atoms with Gasteiger partial charge in [0.05, 0.1) is 23.0 Å². The Morgan fingerprint density at radius 1 is 1.18 bits per heavy atom. The van der Waals surface area contributed by atoms with E-state index in [4.69, 9.17) is 16.7 Å². The molecule has 2 amide bonds. The first-order valence-electron chi connectivity index (χ1n) is 8.65. The first-order valence-corrected chi connectivity index (χ1v) is 10.6. The molecule has 2 aromatic rings. The fourth-order valence-corrected chi connectivity index (χ4v) is 3.71. The second-order valence-corrected chi connectivity index (χ2v) is 8.62. The van der Waals surface area contributed by atoms with E-state index in [1.54, 1.807) is 30.3 Å². The van der Waals surface area contributed by atoms with Gasteiger partial charge in [-0.05, 0) is 55.3 Å². The fraction of sp³-hybridized carbons (Fsp3) is 0.263. The summed E-state index contributed by atoms with van der Waals surface area (Å²) in [6.07, 6.45) is 0.647. The molecule has 1 atom stereocenters. The van der Waals surface area contributed by atoms with Crippen molar-refractivity contribution >= 4 is 39.1 Å². The van der Waals surface area contributed by atoms with E-state index in [1.165, 1.54) is 12.1 Å². The summed E-state index contributed by atoms with van der Waals surface area (Å²) in [4.78, 5) is 26.1. The number of rotatable bonds is 6. The van der Waals surface area contributed by atoms with E-state index in [2.05, 4.69) is 5.32 Å². The van der Waals surface area contributed by atoms with Crippen LogP contribution in [0.1, 0.15) is 17.5 Å². The highest BCUT2D eigenvalue weighted by molar-refractivity contribution is 7.89. The Morgan fingerprint density at radius 3 is 2.46 bits per heavy atom. The number of carbonyl (C=O) groups is 2. The summed E-state index contributed by atoms with van der Waals surface area (Å²) in [7, 11) is -3.72. The van der Waals surface area contributed by atoms with Gasteiger partial charge in [0, 0.05) is 5.02 Å². The van der Waals surface area contributed by atoms with E-state index in [0.29, 0.717) is 23.7 Å². The molecular weight excluding hydrogens is 402 g/mol. The minimum absolute atomic E-state index is 0.0492. The van der Waals surface area contributed by atoms with Crippen LogP contribution in [0.2, 0.25) is 5.02 Å². The number of hydrogen-bond acceptors (Lipinski definition) is 5. The predicted molar refractivity (Wildman–Crippen MR) is 107 cm³/mol. The zero-order valence-electron chi connectivity index (χ0n) is 15.2. The van der Waals surface area contributed by atoms with Gasteiger partial charge in [-0.25, -0.2) is 18.5 Å². The molecule has 0 bridgehead atoms. The molecule has 28 heavy (non-hydrogen) atoms. The highest BCUT2D eigenvalue weighted by atomic mass is 35.5. The number of nitrogens with zero attached hydrogens (tertiary/aromatic N) is 1. The summed E-state index contributed by atoms with van der Waals surface area (Å²) in [6, 6.07) is 10.7. The van der Waals surface area contributed by atoms with E-state index < -0.39 is 16.1 Å². The Kier molecular flexibility index (Phi) is 5.85. The van der Waals surface area contributed by atoms with Crippen molar-refractivity contribution in [2.24, 2.45) is 5.14 Å². The maximum absolute atomic E-state index is 12.6. The lowest BCUT2D eigenvalue weighted by atomic mass is 10.1. The van der Waals surface area contributed by atoms with Crippen LogP contribution in [-0.4, -0.2) is 32.8 Å². The quantitative estimate of drug-likeness (QED) is 0.690. The Labute approximate surface area is 168 Å². The molecule has 1 fully saturated rings. The molecule has 0 saturated carbocycles. The topological polar surface area (TPSA) is 110 Å². The smallest absolute Gasteiger partial charge is 0.251 e. The molecule has 1 saturated heterocycles. The summed E-state index contributed by atoms with van der Waals surface area (Å²) in [5.41, 5.74) is 2.22. The van der Waals surface area contributed by atoms with Crippen LogP contribution in [0.15, 0.2) is 47.4 Å². The van der Waals surface area contributed by atoms with Gasteiger partial charge in [-0.15, -0.1) is 0 Å². The van der Waals surface area contributed by atoms with Crippen LogP contribution >= 0.6 is 11.6 Å². The minimum atomic E-state index is -3.72. The zero-order valence-corrected chi connectivity index (χ0v) is 16.8. The Morgan fingerprint density at radius 2 is 1.86 bits per heavy atom. The molecule has 148 valence electrons. The average Bonchev–Trinajstić information content (AvgIpc) is 2.91. The van der Waals surface area contributed by atoms with Gasteiger partial charge in [-0.2, -0.15) is 0 Å². The van der Waals surface area contributed by atoms with Gasteiger partial charge >= 0.3 is 0 Å². The van der Waals surface area contributed by atoms with Crippen molar-refractivity contribution in [3.8, 4) is 0 Å². The van der Waals surface area contributed by atoms with Crippen molar-refractivity contribution < 1.29 is 18.0 Å². The number of carbonyl (C=O) groups excluding carboxylic acids is 2. The number of halogens is 1. The average molecular weight is 422 g/mol. The lowest BCUT2D eigenvalue weighted by Gasteiger charge is -2.16. The number of nitrogens with one attached hydrogen (secondary N) is 1. The molecule has 3 rings (SSSR count). The number of benzene rings is 2. The van der Waals surface area contributed by atoms with Crippen LogP contribution in [0, 0.1) is 6.92 Å². The van der Waals surface area contributed by atoms with Gasteiger partial charge in [0.25, 0.3) is 5.91 Å². The molecule has 2 aromatic carbocycles. The number of anilines is 1. The second-order valence-electron chi connectivity index (χ2n) is 6.65. The summed E-state index contributed by atoms with van der Waals surface area (Å²) < 4.78 is 22.5. The highest BCUT2D eigenvalue weighted by Gasteiger charge is 2.39. The molecule has 1 aliphatic heterocycles. The van der Waals surface area contributed by atoms with Gasteiger partial charge in [0.1, 0.15) is 0 Å². The molecular formula is C19H20ClN3O4S. The van der Waals surface area contributed by atoms with E-state index in [-0.39, 0.29) is 23.1 Å². The Balaban J connectivity index is 1.60. The Bertz CT molecular complexity index is 1020. The molecule has 3 N–H and O–H groups in total. The van der Waals surface area contributed by atoms with Crippen molar-refractivity contribution in [2.45, 2.75) is 30.7 Å². The molecule has 0 aromatic heterocycles. The molecule has 0 spiro atoms. The largest absolute Gasteiger partial charge is 0.305 e. The van der Waals surface area contributed by atoms with E-state index >= 15 is 0 Å². The lowest BCUT2D eigenvalue weighted by molar-refractivity contribution is -0.121. The van der Waals surface area contributed by atoms with Crippen LogP contribution in [0.3, 0.4) is 0 Å². The maximum Gasteiger partial charge on any atom is 0.251 e. The van der Waals surface area contributed by atoms with E-state index in [0.717, 1.165) is 16.0 Å². The summed E-state index contributed by atoms with van der Waals surface area (Å²) in [6.45, 7) is 2.31. The Hall–Kier alpha value is -2.26. The predicted octanol–water partition coefficient (Wildman–Crippen LogP) is 1.76. The van der Waals surface area contributed by atoms with Gasteiger partial charge in [0.15, 0.2) is 0 Å². The number of imide groups is 1. The van der Waals surface area contributed by atoms with Crippen LogP contribution in [0.25, 0.3) is 0 Å². The van der Waals surface area contributed by atoms with Crippen LogP contribution in [0.5, 0.6) is 0 Å². The van der Waals surface area contributed by atoms with Gasteiger partial charge in [-0.3, -0.25) is 9.59 Å². The SMILES string of the molecule is Cc1ccc(N2C(=O)C[C@H](NCCc3ccc(S(N)(=O)=O)cc3)C2=O)cc1Cl. The van der Waals surface area contributed by atoms with Crippen LogP contribution < -0.4 is 15.4 Å². The molecule has 1 aliphatic rings. The minimum Gasteiger partial charge on any atom is -0.305 e. The number of aryl methyl sites for hydroxylation is 1. The van der Waals surface area contributed by atoms with Crippen molar-refractivity contribution in [1.29, 1.82) is 0 Å². The van der Waals surface area contributed by atoms with Crippen molar-refractivity contribution in [3.05, 3.63) is 58.6 Å². The first-order chi connectivity index (χ1) is 13.2. The molecule has 0 aliphatic carbocycles. The standard InChI is InChI=1S/C19H20ClN3O4S/c1-12-2-5-14(10-16(12)20)23-18(24)11-17(19(23)25)22-9-8-13-3-6-15(7-4-13)28(21,26)27/h2-7,10,17,22H,8-9,11H2,1H3,(H2,21,26,27)/t17-/m0/s1. The van der Waals surface area contributed by atoms with Gasteiger partial charge < -0.3 is 5.32 Å². The lowest BCUT2D eigenvalue weighted by Crippen LogP contribution is -2.39. The number of nitrogens with two attached hydrogens (primary N) is 1. The van der Waals surface area contributed by atoms with Crippen molar-refractivity contribution in [1.82, 2.24) is 5.32 Å². The van der Waals surface area contributed by atoms with Crippen LogP contribution in [0.4, 0.5) is 5.69 Å². The fourth-order valence-electron chi connectivity index (χ4n) is 3.02. The van der Waals surface area contributed by atoms with Crippen molar-refractivity contribution in [2.75, 3.05) is 11.4 Å². The molecule has 1 heterocycles.